The molecule has 0 spiro atoms. The molecule has 0 radical (unpaired) electrons. The molecule has 6 heteroatoms. The summed E-state index contributed by atoms with van der Waals surface area (Å²) in [6, 6.07) is 7.00. The number of hydrogen-bond acceptors (Lipinski definition) is 5. The van der Waals surface area contributed by atoms with Crippen molar-refractivity contribution in [3.05, 3.63) is 40.0 Å². The molecule has 3 aromatic rings. The molecule has 130 valence electrons. The van der Waals surface area contributed by atoms with Crippen molar-refractivity contribution < 1.29 is 0 Å². The summed E-state index contributed by atoms with van der Waals surface area (Å²) in [5.74, 6) is 0.858. The molecule has 1 aromatic carbocycles. The van der Waals surface area contributed by atoms with E-state index in [1.165, 1.54) is 22.3 Å². The van der Waals surface area contributed by atoms with E-state index in [1.54, 1.807) is 11.3 Å². The third kappa shape index (κ3) is 3.36. The minimum atomic E-state index is 0.303. The molecule has 2 N–H and O–H groups in total. The molecular formula is C19H21ClN4S. The molecular weight excluding hydrogens is 352 g/mol. The zero-order valence-electron chi connectivity index (χ0n) is 14.4. The molecule has 1 aliphatic rings. The van der Waals surface area contributed by atoms with Crippen molar-refractivity contribution in [1.29, 1.82) is 0 Å². The summed E-state index contributed by atoms with van der Waals surface area (Å²) in [6.45, 7) is 6.35. The van der Waals surface area contributed by atoms with Crippen LogP contribution in [0.4, 0.5) is 5.82 Å². The molecule has 0 amide bonds. The fourth-order valence-electron chi connectivity index (χ4n) is 3.30. The maximum atomic E-state index is 6.17. The molecule has 1 fully saturated rings. The number of fused-ring (bicyclic) bond motifs is 1. The van der Waals surface area contributed by atoms with Crippen LogP contribution in [-0.4, -0.2) is 29.1 Å². The number of halogens is 1. The van der Waals surface area contributed by atoms with E-state index in [0.717, 1.165) is 42.0 Å². The van der Waals surface area contributed by atoms with Crippen LogP contribution in [-0.2, 0) is 0 Å². The molecule has 0 aliphatic carbocycles. The van der Waals surface area contributed by atoms with Gasteiger partial charge in [-0.1, -0.05) is 18.2 Å². The summed E-state index contributed by atoms with van der Waals surface area (Å²) in [6.07, 6.45) is 2.18. The van der Waals surface area contributed by atoms with Crippen LogP contribution in [0.15, 0.2) is 23.6 Å². The van der Waals surface area contributed by atoms with Crippen LogP contribution in [0.3, 0.4) is 0 Å². The van der Waals surface area contributed by atoms with E-state index in [2.05, 4.69) is 58.0 Å². The summed E-state index contributed by atoms with van der Waals surface area (Å²) in [5.41, 5.74) is 4.97. The molecule has 0 saturated carbocycles. The first-order valence-electron chi connectivity index (χ1n) is 8.61. The van der Waals surface area contributed by atoms with Crippen LogP contribution < -0.4 is 10.6 Å². The number of aromatic nitrogens is 2. The lowest BCUT2D eigenvalue weighted by molar-refractivity contribution is 0.478. The Morgan fingerprint density at radius 3 is 2.72 bits per heavy atom. The number of anilines is 1. The fourth-order valence-corrected chi connectivity index (χ4v) is 4.47. The van der Waals surface area contributed by atoms with Crippen LogP contribution >= 0.6 is 22.9 Å². The molecule has 0 unspecified atom stereocenters. The summed E-state index contributed by atoms with van der Waals surface area (Å²) in [4.78, 5) is 9.89. The molecule has 25 heavy (non-hydrogen) atoms. The van der Waals surface area contributed by atoms with Gasteiger partial charge < -0.3 is 10.6 Å². The maximum Gasteiger partial charge on any atom is 0.225 e. The second-order valence-electron chi connectivity index (χ2n) is 6.64. The van der Waals surface area contributed by atoms with Gasteiger partial charge in [-0.25, -0.2) is 9.97 Å². The summed E-state index contributed by atoms with van der Waals surface area (Å²) in [5, 5.41) is 10.6. The van der Waals surface area contributed by atoms with Gasteiger partial charge in [0.15, 0.2) is 0 Å². The van der Waals surface area contributed by atoms with Crippen molar-refractivity contribution in [2.75, 3.05) is 18.4 Å². The smallest absolute Gasteiger partial charge is 0.225 e. The van der Waals surface area contributed by atoms with Gasteiger partial charge in [0.1, 0.15) is 10.6 Å². The number of aryl methyl sites for hydroxylation is 2. The lowest BCUT2D eigenvalue weighted by Gasteiger charge is -2.24. The molecule has 0 bridgehead atoms. The highest BCUT2D eigenvalue weighted by atomic mass is 35.5. The van der Waals surface area contributed by atoms with Crippen LogP contribution in [0.5, 0.6) is 0 Å². The van der Waals surface area contributed by atoms with E-state index < -0.39 is 0 Å². The van der Waals surface area contributed by atoms with Crippen LogP contribution in [0.2, 0.25) is 5.28 Å². The Labute approximate surface area is 156 Å². The number of nitrogens with one attached hydrogen (secondary N) is 2. The monoisotopic (exact) mass is 372 g/mol. The fraction of sp³-hybridized carbons (Fsp3) is 0.368. The number of benzene rings is 1. The van der Waals surface area contributed by atoms with E-state index in [4.69, 9.17) is 11.6 Å². The molecule has 1 saturated heterocycles. The van der Waals surface area contributed by atoms with E-state index in [1.807, 2.05) is 0 Å². The lowest BCUT2D eigenvalue weighted by Crippen LogP contribution is -2.35. The van der Waals surface area contributed by atoms with Crippen LogP contribution in [0.25, 0.3) is 21.3 Å². The van der Waals surface area contributed by atoms with Crippen LogP contribution in [0.1, 0.15) is 24.0 Å². The zero-order valence-corrected chi connectivity index (χ0v) is 16.0. The molecule has 1 aliphatic heterocycles. The van der Waals surface area contributed by atoms with Crippen molar-refractivity contribution in [3.63, 3.8) is 0 Å². The Balaban J connectivity index is 1.81. The zero-order chi connectivity index (χ0) is 17.4. The number of piperidine rings is 1. The van der Waals surface area contributed by atoms with Gasteiger partial charge in [-0.05, 0) is 68.1 Å². The normalized spacial score (nSPS) is 15.6. The second-order valence-corrected chi connectivity index (χ2v) is 7.83. The predicted octanol–water partition coefficient (Wildman–Crippen LogP) is 4.79. The topological polar surface area (TPSA) is 49.8 Å². The average molecular weight is 373 g/mol. The Morgan fingerprint density at radius 1 is 1.16 bits per heavy atom. The van der Waals surface area contributed by atoms with Gasteiger partial charge in [0.05, 0.1) is 5.39 Å². The average Bonchev–Trinajstić information content (AvgIpc) is 3.02. The van der Waals surface area contributed by atoms with Crippen molar-refractivity contribution in [2.24, 2.45) is 0 Å². The minimum absolute atomic E-state index is 0.303. The molecule has 4 nitrogen and oxygen atoms in total. The van der Waals surface area contributed by atoms with Gasteiger partial charge in [0.25, 0.3) is 0 Å². The van der Waals surface area contributed by atoms with Crippen molar-refractivity contribution in [3.8, 4) is 11.1 Å². The number of rotatable bonds is 3. The molecule has 4 rings (SSSR count). The SMILES string of the molecule is Cc1ccc(-c2csc3nc(Cl)nc(NC4CCNCC4)c23)cc1C. The first kappa shape index (κ1) is 16.8. The van der Waals surface area contributed by atoms with Gasteiger partial charge in [-0.2, -0.15) is 0 Å². The summed E-state index contributed by atoms with van der Waals surface area (Å²) in [7, 11) is 0. The third-order valence-electron chi connectivity index (χ3n) is 4.90. The molecule has 2 aromatic heterocycles. The molecule has 3 heterocycles. The number of nitrogens with zero attached hydrogens (tertiary/aromatic N) is 2. The van der Waals surface area contributed by atoms with E-state index in [-0.39, 0.29) is 0 Å². The van der Waals surface area contributed by atoms with E-state index >= 15 is 0 Å². The third-order valence-corrected chi connectivity index (χ3v) is 5.95. The highest BCUT2D eigenvalue weighted by Gasteiger charge is 2.19. The quantitative estimate of drug-likeness (QED) is 0.649. The van der Waals surface area contributed by atoms with Crippen molar-refractivity contribution in [1.82, 2.24) is 15.3 Å². The first-order valence-corrected chi connectivity index (χ1v) is 9.87. The lowest BCUT2D eigenvalue weighted by atomic mass is 10.0. The Bertz CT molecular complexity index is 915. The Hall–Kier alpha value is -1.69. The van der Waals surface area contributed by atoms with E-state index in [9.17, 15) is 0 Å². The summed E-state index contributed by atoms with van der Waals surface area (Å²) >= 11 is 7.80. The number of thiophene rings is 1. The predicted molar refractivity (Wildman–Crippen MR) is 107 cm³/mol. The molecule has 0 atom stereocenters. The largest absolute Gasteiger partial charge is 0.367 e. The van der Waals surface area contributed by atoms with Gasteiger partial charge in [-0.15, -0.1) is 11.3 Å². The number of hydrogen-bond donors (Lipinski definition) is 2. The van der Waals surface area contributed by atoms with E-state index in [0.29, 0.717) is 11.3 Å². The minimum Gasteiger partial charge on any atom is -0.367 e. The van der Waals surface area contributed by atoms with Gasteiger partial charge in [0.2, 0.25) is 5.28 Å². The van der Waals surface area contributed by atoms with Gasteiger partial charge in [-0.3, -0.25) is 0 Å². The van der Waals surface area contributed by atoms with Gasteiger partial charge in [0, 0.05) is 17.0 Å². The highest BCUT2D eigenvalue weighted by Crippen LogP contribution is 2.38. The van der Waals surface area contributed by atoms with Crippen molar-refractivity contribution in [2.45, 2.75) is 32.7 Å². The first-order chi connectivity index (χ1) is 12.1. The Morgan fingerprint density at radius 2 is 1.96 bits per heavy atom. The summed E-state index contributed by atoms with van der Waals surface area (Å²) < 4.78 is 0. The van der Waals surface area contributed by atoms with Gasteiger partial charge >= 0.3 is 0 Å². The standard InChI is InChI=1S/C19H21ClN4S/c1-11-3-4-13(9-12(11)2)15-10-25-18-16(15)17(23-19(20)24-18)22-14-5-7-21-8-6-14/h3-4,9-10,14,21H,5-8H2,1-2H3,(H,22,23,24). The maximum absolute atomic E-state index is 6.17. The van der Waals surface area contributed by atoms with Crippen LogP contribution in [0, 0.1) is 13.8 Å². The Kier molecular flexibility index (Phi) is 4.63. The second kappa shape index (κ2) is 6.90. The highest BCUT2D eigenvalue weighted by molar-refractivity contribution is 7.17. The van der Waals surface area contributed by atoms with Crippen molar-refractivity contribution >= 4 is 39.0 Å².